The standard InChI is InChI=1S/C15H15BrN2O2/c1-10-13(7-8-14(16)18-10)17-9-11-5-3-4-6-12(11)15(19)20-2/h3-8,17H,9H2,1-2H3. The Balaban J connectivity index is 2.17. The van der Waals surface area contributed by atoms with Crippen molar-refractivity contribution in [1.82, 2.24) is 4.98 Å². The zero-order valence-electron chi connectivity index (χ0n) is 11.3. The van der Waals surface area contributed by atoms with E-state index in [1.54, 1.807) is 6.07 Å². The number of nitrogens with one attached hydrogen (secondary N) is 1. The summed E-state index contributed by atoms with van der Waals surface area (Å²) in [7, 11) is 1.38. The molecule has 1 aromatic carbocycles. The minimum atomic E-state index is -0.326. The van der Waals surface area contributed by atoms with Gasteiger partial charge in [0.25, 0.3) is 0 Å². The van der Waals surface area contributed by atoms with Gasteiger partial charge < -0.3 is 10.1 Å². The number of carbonyl (C=O) groups is 1. The van der Waals surface area contributed by atoms with Crippen LogP contribution in [0.5, 0.6) is 0 Å². The third kappa shape index (κ3) is 3.36. The van der Waals surface area contributed by atoms with Gasteiger partial charge in [0, 0.05) is 6.54 Å². The third-order valence-corrected chi connectivity index (χ3v) is 3.39. The quantitative estimate of drug-likeness (QED) is 0.686. The number of halogens is 1. The van der Waals surface area contributed by atoms with Crippen molar-refractivity contribution >= 4 is 27.6 Å². The van der Waals surface area contributed by atoms with Crippen molar-refractivity contribution in [3.05, 3.63) is 57.8 Å². The number of ether oxygens (including phenoxy) is 1. The van der Waals surface area contributed by atoms with Crippen molar-refractivity contribution in [2.75, 3.05) is 12.4 Å². The zero-order chi connectivity index (χ0) is 14.5. The molecule has 0 amide bonds. The first-order valence-corrected chi connectivity index (χ1v) is 6.94. The summed E-state index contributed by atoms with van der Waals surface area (Å²) >= 11 is 3.33. The van der Waals surface area contributed by atoms with E-state index in [0.717, 1.165) is 21.5 Å². The molecule has 0 unspecified atom stereocenters. The SMILES string of the molecule is COC(=O)c1ccccc1CNc1ccc(Br)nc1C. The molecule has 2 aromatic rings. The number of rotatable bonds is 4. The second kappa shape index (κ2) is 6.52. The monoisotopic (exact) mass is 334 g/mol. The summed E-state index contributed by atoms with van der Waals surface area (Å²) in [6.07, 6.45) is 0. The van der Waals surface area contributed by atoms with E-state index in [0.29, 0.717) is 12.1 Å². The van der Waals surface area contributed by atoms with Gasteiger partial charge in [-0.3, -0.25) is 0 Å². The van der Waals surface area contributed by atoms with Gasteiger partial charge in [0.05, 0.1) is 24.1 Å². The van der Waals surface area contributed by atoms with E-state index in [2.05, 4.69) is 26.2 Å². The third-order valence-electron chi connectivity index (χ3n) is 2.94. The summed E-state index contributed by atoms with van der Waals surface area (Å²) in [5.74, 6) is -0.326. The lowest BCUT2D eigenvalue weighted by atomic mass is 10.1. The van der Waals surface area contributed by atoms with Gasteiger partial charge in [-0.15, -0.1) is 0 Å². The van der Waals surface area contributed by atoms with Crippen LogP contribution >= 0.6 is 15.9 Å². The van der Waals surface area contributed by atoms with Crippen LogP contribution in [0.4, 0.5) is 5.69 Å². The molecule has 0 aliphatic rings. The molecule has 2 rings (SSSR count). The molecule has 20 heavy (non-hydrogen) atoms. The number of hydrogen-bond acceptors (Lipinski definition) is 4. The van der Waals surface area contributed by atoms with Gasteiger partial charge in [0.15, 0.2) is 0 Å². The Kier molecular flexibility index (Phi) is 4.74. The van der Waals surface area contributed by atoms with Crippen LogP contribution in [0.15, 0.2) is 41.0 Å². The van der Waals surface area contributed by atoms with E-state index < -0.39 is 0 Å². The van der Waals surface area contributed by atoms with Gasteiger partial charge in [-0.2, -0.15) is 0 Å². The van der Waals surface area contributed by atoms with Crippen molar-refractivity contribution in [1.29, 1.82) is 0 Å². The number of aromatic nitrogens is 1. The summed E-state index contributed by atoms with van der Waals surface area (Å²) in [4.78, 5) is 16.0. The number of pyridine rings is 1. The molecule has 0 saturated heterocycles. The normalized spacial score (nSPS) is 10.2. The number of nitrogens with zero attached hydrogens (tertiary/aromatic N) is 1. The van der Waals surface area contributed by atoms with Gasteiger partial charge in [-0.05, 0) is 46.6 Å². The average molecular weight is 335 g/mol. The van der Waals surface area contributed by atoms with Gasteiger partial charge >= 0.3 is 5.97 Å². The maximum atomic E-state index is 11.7. The van der Waals surface area contributed by atoms with Crippen molar-refractivity contribution in [3.63, 3.8) is 0 Å². The van der Waals surface area contributed by atoms with Crippen LogP contribution in [-0.4, -0.2) is 18.1 Å². The molecule has 1 aromatic heterocycles. The first-order chi connectivity index (χ1) is 9.61. The molecule has 0 atom stereocenters. The lowest BCUT2D eigenvalue weighted by Gasteiger charge is -2.11. The maximum Gasteiger partial charge on any atom is 0.338 e. The molecule has 0 spiro atoms. The fourth-order valence-electron chi connectivity index (χ4n) is 1.89. The first-order valence-electron chi connectivity index (χ1n) is 6.15. The predicted molar refractivity (Wildman–Crippen MR) is 81.8 cm³/mol. The number of benzene rings is 1. The van der Waals surface area contributed by atoms with Crippen molar-refractivity contribution in [3.8, 4) is 0 Å². The Hall–Kier alpha value is -1.88. The number of methoxy groups -OCH3 is 1. The predicted octanol–water partition coefficient (Wildman–Crippen LogP) is 3.55. The molecule has 5 heteroatoms. The van der Waals surface area contributed by atoms with Crippen LogP contribution in [0.3, 0.4) is 0 Å². The number of aryl methyl sites for hydroxylation is 1. The largest absolute Gasteiger partial charge is 0.465 e. The smallest absolute Gasteiger partial charge is 0.338 e. The Bertz CT molecular complexity index is 629. The van der Waals surface area contributed by atoms with Crippen LogP contribution in [0.2, 0.25) is 0 Å². The minimum absolute atomic E-state index is 0.326. The Morgan fingerprint density at radius 3 is 2.75 bits per heavy atom. The van der Waals surface area contributed by atoms with Gasteiger partial charge in [0.1, 0.15) is 4.60 Å². The average Bonchev–Trinajstić information content (AvgIpc) is 2.46. The highest BCUT2D eigenvalue weighted by Gasteiger charge is 2.10. The molecule has 1 N–H and O–H groups in total. The number of carbonyl (C=O) groups excluding carboxylic acids is 1. The van der Waals surface area contributed by atoms with Crippen LogP contribution in [-0.2, 0) is 11.3 Å². The summed E-state index contributed by atoms with van der Waals surface area (Å²) in [6, 6.07) is 11.2. The molecule has 0 fully saturated rings. The van der Waals surface area contributed by atoms with E-state index >= 15 is 0 Å². The molecule has 0 aliphatic heterocycles. The molecule has 4 nitrogen and oxygen atoms in total. The van der Waals surface area contributed by atoms with Crippen LogP contribution in [0, 0.1) is 6.92 Å². The fraction of sp³-hybridized carbons (Fsp3) is 0.200. The first kappa shape index (κ1) is 14.5. The van der Waals surface area contributed by atoms with E-state index in [9.17, 15) is 4.79 Å². The van der Waals surface area contributed by atoms with Crippen molar-refractivity contribution in [2.24, 2.45) is 0 Å². The molecule has 0 aliphatic carbocycles. The Morgan fingerprint density at radius 2 is 2.05 bits per heavy atom. The number of hydrogen-bond donors (Lipinski definition) is 1. The van der Waals surface area contributed by atoms with Crippen molar-refractivity contribution in [2.45, 2.75) is 13.5 Å². The second-order valence-corrected chi connectivity index (χ2v) is 5.08. The number of anilines is 1. The van der Waals surface area contributed by atoms with Crippen LogP contribution < -0.4 is 5.32 Å². The van der Waals surface area contributed by atoms with Gasteiger partial charge in [0.2, 0.25) is 0 Å². The summed E-state index contributed by atoms with van der Waals surface area (Å²) in [5.41, 5.74) is 3.30. The summed E-state index contributed by atoms with van der Waals surface area (Å²) in [5, 5.41) is 3.28. The lowest BCUT2D eigenvalue weighted by molar-refractivity contribution is 0.0599. The fourth-order valence-corrected chi connectivity index (χ4v) is 2.29. The summed E-state index contributed by atoms with van der Waals surface area (Å²) < 4.78 is 5.58. The Morgan fingerprint density at radius 1 is 1.30 bits per heavy atom. The maximum absolute atomic E-state index is 11.7. The van der Waals surface area contributed by atoms with E-state index in [-0.39, 0.29) is 5.97 Å². The number of esters is 1. The zero-order valence-corrected chi connectivity index (χ0v) is 12.9. The van der Waals surface area contributed by atoms with E-state index in [1.807, 2.05) is 37.3 Å². The molecular weight excluding hydrogens is 320 g/mol. The van der Waals surface area contributed by atoms with Crippen LogP contribution in [0.1, 0.15) is 21.6 Å². The highest BCUT2D eigenvalue weighted by atomic mass is 79.9. The Labute approximate surface area is 126 Å². The minimum Gasteiger partial charge on any atom is -0.465 e. The molecule has 0 saturated carbocycles. The van der Waals surface area contributed by atoms with E-state index in [1.165, 1.54) is 7.11 Å². The lowest BCUT2D eigenvalue weighted by Crippen LogP contribution is -2.09. The van der Waals surface area contributed by atoms with Gasteiger partial charge in [-0.1, -0.05) is 18.2 Å². The van der Waals surface area contributed by atoms with Gasteiger partial charge in [-0.25, -0.2) is 9.78 Å². The topological polar surface area (TPSA) is 51.2 Å². The van der Waals surface area contributed by atoms with Crippen LogP contribution in [0.25, 0.3) is 0 Å². The molecule has 1 heterocycles. The molecule has 0 radical (unpaired) electrons. The molecular formula is C15H15BrN2O2. The molecule has 104 valence electrons. The molecule has 0 bridgehead atoms. The highest BCUT2D eigenvalue weighted by Crippen LogP contribution is 2.18. The van der Waals surface area contributed by atoms with E-state index in [4.69, 9.17) is 4.74 Å². The highest BCUT2D eigenvalue weighted by molar-refractivity contribution is 9.10. The van der Waals surface area contributed by atoms with Crippen molar-refractivity contribution < 1.29 is 9.53 Å². The summed E-state index contributed by atoms with van der Waals surface area (Å²) in [6.45, 7) is 2.47. The second-order valence-electron chi connectivity index (χ2n) is 4.27.